The molecule has 2 aromatic carbocycles. The molecule has 1 aromatic heterocycles. The Morgan fingerprint density at radius 1 is 1.02 bits per heavy atom. The van der Waals surface area contributed by atoms with Crippen LogP contribution >= 0.6 is 11.6 Å². The van der Waals surface area contributed by atoms with Crippen molar-refractivity contribution in [3.05, 3.63) is 81.2 Å². The lowest BCUT2D eigenvalue weighted by atomic mass is 9.99. The van der Waals surface area contributed by atoms with Gasteiger partial charge in [0.1, 0.15) is 11.5 Å². The number of aromatic nitrogens is 1. The number of nitrogens with zero attached hydrogens (tertiary/aromatic N) is 1. The van der Waals surface area contributed by atoms with Gasteiger partial charge in [0.2, 0.25) is 0 Å². The molecule has 0 bridgehead atoms. The number of carbonyl (C=O) groups excluding carboxylic acids is 1. The van der Waals surface area contributed by atoms with Crippen LogP contribution in [0.1, 0.15) is 49.2 Å². The van der Waals surface area contributed by atoms with Crippen LogP contribution in [0.25, 0.3) is 11.1 Å². The van der Waals surface area contributed by atoms with E-state index in [1.807, 2.05) is 20.8 Å². The van der Waals surface area contributed by atoms with Gasteiger partial charge in [-0.25, -0.2) is 4.79 Å². The molecule has 0 unspecified atom stereocenters. The standard InChI is InChI=1S/C29H30ClF2NO7/c1-29(2,3)39-12-11-22(23(34)13-17-5-7-18(8-6-17)27(36)37)33-16-25(38-4)21(15-26(33)35)20-14-19(30)9-10-24(20)40-28(31)32/h5-10,14-16,22,28H,11-13H2,1-4H3,(H,36,37)/t22-/m0/s1. The smallest absolute Gasteiger partial charge is 0.387 e. The zero-order valence-corrected chi connectivity index (χ0v) is 23.2. The Balaban J connectivity index is 2.04. The van der Waals surface area contributed by atoms with Crippen molar-refractivity contribution < 1.29 is 37.7 Å². The third-order valence-electron chi connectivity index (χ3n) is 5.92. The maximum absolute atomic E-state index is 13.5. The number of hydrogen-bond acceptors (Lipinski definition) is 6. The van der Waals surface area contributed by atoms with Crippen molar-refractivity contribution in [3.63, 3.8) is 0 Å². The van der Waals surface area contributed by atoms with Gasteiger partial charge in [-0.3, -0.25) is 9.59 Å². The number of carbonyl (C=O) groups is 2. The highest BCUT2D eigenvalue weighted by Crippen LogP contribution is 2.38. The number of hydrogen-bond donors (Lipinski definition) is 1. The first-order valence-corrected chi connectivity index (χ1v) is 12.7. The molecule has 8 nitrogen and oxygen atoms in total. The monoisotopic (exact) mass is 577 g/mol. The number of benzene rings is 2. The van der Waals surface area contributed by atoms with E-state index in [0.717, 1.165) is 0 Å². The lowest BCUT2D eigenvalue weighted by Gasteiger charge is -2.24. The molecule has 0 saturated carbocycles. The normalized spacial score (nSPS) is 12.3. The quantitative estimate of drug-likeness (QED) is 0.280. The third kappa shape index (κ3) is 8.12. The van der Waals surface area contributed by atoms with Crippen LogP contribution in [0.3, 0.4) is 0 Å². The Labute approximate surface area is 235 Å². The van der Waals surface area contributed by atoms with E-state index in [9.17, 15) is 23.2 Å². The Morgan fingerprint density at radius 3 is 2.25 bits per heavy atom. The summed E-state index contributed by atoms with van der Waals surface area (Å²) in [6.45, 7) is 2.64. The maximum Gasteiger partial charge on any atom is 0.387 e. The highest BCUT2D eigenvalue weighted by atomic mass is 35.5. The molecular formula is C29H30ClF2NO7. The van der Waals surface area contributed by atoms with E-state index in [4.69, 9.17) is 26.2 Å². The molecule has 40 heavy (non-hydrogen) atoms. The second-order valence-corrected chi connectivity index (χ2v) is 10.4. The van der Waals surface area contributed by atoms with Crippen LogP contribution in [0.4, 0.5) is 8.78 Å². The van der Waals surface area contributed by atoms with Crippen LogP contribution in [0.5, 0.6) is 11.5 Å². The number of alkyl halides is 2. The van der Waals surface area contributed by atoms with Crippen LogP contribution in [-0.2, 0) is 16.0 Å². The summed E-state index contributed by atoms with van der Waals surface area (Å²) < 4.78 is 43.2. The van der Waals surface area contributed by atoms with Crippen LogP contribution in [0, 0.1) is 0 Å². The number of carboxylic acid groups (broad SMARTS) is 1. The van der Waals surface area contributed by atoms with Gasteiger partial charge in [-0.1, -0.05) is 23.7 Å². The summed E-state index contributed by atoms with van der Waals surface area (Å²) in [4.78, 5) is 38.1. The number of Topliss-reactive ketones (excluding diaryl/α,β-unsaturated/α-hetero) is 1. The van der Waals surface area contributed by atoms with Gasteiger partial charge in [-0.2, -0.15) is 8.78 Å². The summed E-state index contributed by atoms with van der Waals surface area (Å²) in [5.41, 5.74) is -0.149. The summed E-state index contributed by atoms with van der Waals surface area (Å²) in [6.07, 6.45) is 1.43. The Hall–Kier alpha value is -3.76. The highest BCUT2D eigenvalue weighted by molar-refractivity contribution is 6.31. The molecule has 1 N–H and O–H groups in total. The van der Waals surface area contributed by atoms with Gasteiger partial charge in [0.25, 0.3) is 5.56 Å². The molecule has 1 heterocycles. The van der Waals surface area contributed by atoms with Crippen molar-refractivity contribution >= 4 is 23.4 Å². The highest BCUT2D eigenvalue weighted by Gasteiger charge is 2.25. The van der Waals surface area contributed by atoms with Gasteiger partial charge in [0, 0.05) is 35.2 Å². The van der Waals surface area contributed by atoms with E-state index in [1.54, 1.807) is 12.1 Å². The Kier molecular flexibility index (Phi) is 10.1. The summed E-state index contributed by atoms with van der Waals surface area (Å²) in [6, 6.07) is 10.1. The van der Waals surface area contributed by atoms with Crippen molar-refractivity contribution in [2.24, 2.45) is 0 Å². The number of ketones is 1. The van der Waals surface area contributed by atoms with Crippen molar-refractivity contribution in [3.8, 4) is 22.6 Å². The molecule has 0 aliphatic rings. The van der Waals surface area contributed by atoms with Crippen molar-refractivity contribution in [2.75, 3.05) is 13.7 Å². The average molecular weight is 578 g/mol. The van der Waals surface area contributed by atoms with Crippen molar-refractivity contribution in [2.45, 2.75) is 51.9 Å². The molecule has 1 atom stereocenters. The SMILES string of the molecule is COc1cn([C@@H](CCOC(C)(C)C)C(=O)Cc2ccc(C(=O)O)cc2)c(=O)cc1-c1cc(Cl)ccc1OC(F)F. The Bertz CT molecular complexity index is 1420. The van der Waals surface area contributed by atoms with E-state index in [-0.39, 0.29) is 58.4 Å². The van der Waals surface area contributed by atoms with E-state index < -0.39 is 29.8 Å². The topological polar surface area (TPSA) is 104 Å². The molecule has 0 spiro atoms. The largest absolute Gasteiger partial charge is 0.495 e. The van der Waals surface area contributed by atoms with Gasteiger partial charge in [-0.05, 0) is 63.1 Å². The molecule has 0 aliphatic heterocycles. The zero-order chi connectivity index (χ0) is 29.6. The lowest BCUT2D eigenvalue weighted by molar-refractivity contribution is -0.122. The number of halogens is 3. The number of methoxy groups -OCH3 is 1. The van der Waals surface area contributed by atoms with Crippen LogP contribution in [-0.4, -0.2) is 47.4 Å². The minimum absolute atomic E-state index is 0.0722. The van der Waals surface area contributed by atoms with E-state index in [2.05, 4.69) is 4.74 Å². The predicted octanol–water partition coefficient (Wildman–Crippen LogP) is 6.04. The second kappa shape index (κ2) is 13.1. The fourth-order valence-electron chi connectivity index (χ4n) is 4.07. The van der Waals surface area contributed by atoms with Crippen molar-refractivity contribution in [1.29, 1.82) is 0 Å². The first kappa shape index (κ1) is 30.8. The van der Waals surface area contributed by atoms with Crippen LogP contribution in [0.2, 0.25) is 5.02 Å². The molecule has 0 aliphatic carbocycles. The van der Waals surface area contributed by atoms with E-state index in [0.29, 0.717) is 5.56 Å². The third-order valence-corrected chi connectivity index (χ3v) is 6.16. The summed E-state index contributed by atoms with van der Waals surface area (Å²) in [5.74, 6) is -1.48. The predicted molar refractivity (Wildman–Crippen MR) is 146 cm³/mol. The van der Waals surface area contributed by atoms with Crippen LogP contribution < -0.4 is 15.0 Å². The van der Waals surface area contributed by atoms with E-state index in [1.165, 1.54) is 54.3 Å². The molecule has 0 radical (unpaired) electrons. The number of aromatic carboxylic acids is 1. The van der Waals surface area contributed by atoms with Gasteiger partial charge in [-0.15, -0.1) is 0 Å². The molecule has 3 rings (SSSR count). The first-order valence-electron chi connectivity index (χ1n) is 12.3. The number of rotatable bonds is 12. The van der Waals surface area contributed by atoms with Gasteiger partial charge >= 0.3 is 12.6 Å². The second-order valence-electron chi connectivity index (χ2n) is 9.93. The number of ether oxygens (including phenoxy) is 3. The minimum Gasteiger partial charge on any atom is -0.495 e. The maximum atomic E-state index is 13.5. The minimum atomic E-state index is -3.11. The van der Waals surface area contributed by atoms with Gasteiger partial charge < -0.3 is 23.9 Å². The first-order chi connectivity index (χ1) is 18.8. The van der Waals surface area contributed by atoms with Crippen molar-refractivity contribution in [1.82, 2.24) is 4.57 Å². The zero-order valence-electron chi connectivity index (χ0n) is 22.4. The molecule has 0 fully saturated rings. The Morgan fingerprint density at radius 2 is 1.68 bits per heavy atom. The molecule has 0 saturated heterocycles. The fourth-order valence-corrected chi connectivity index (χ4v) is 4.24. The molecule has 3 aromatic rings. The molecule has 11 heteroatoms. The van der Waals surface area contributed by atoms with Crippen LogP contribution in [0.15, 0.2) is 59.5 Å². The lowest BCUT2D eigenvalue weighted by Crippen LogP contribution is -2.32. The average Bonchev–Trinajstić information content (AvgIpc) is 2.87. The summed E-state index contributed by atoms with van der Waals surface area (Å²) in [7, 11) is 1.34. The number of pyridine rings is 1. The summed E-state index contributed by atoms with van der Waals surface area (Å²) in [5, 5.41) is 9.36. The van der Waals surface area contributed by atoms with E-state index >= 15 is 0 Å². The number of carboxylic acids is 1. The van der Waals surface area contributed by atoms with Gasteiger partial charge in [0.05, 0.1) is 30.5 Å². The molecule has 0 amide bonds. The fraction of sp³-hybridized carbons (Fsp3) is 0.345. The molecule has 214 valence electrons. The molecular weight excluding hydrogens is 548 g/mol. The summed E-state index contributed by atoms with van der Waals surface area (Å²) >= 11 is 6.10. The van der Waals surface area contributed by atoms with Gasteiger partial charge in [0.15, 0.2) is 5.78 Å².